The summed E-state index contributed by atoms with van der Waals surface area (Å²) in [4.78, 5) is 23.5. The largest absolute Gasteiger partial charge is 0.462 e. The zero-order valence-electron chi connectivity index (χ0n) is 11.7. The molecule has 104 valence electrons. The summed E-state index contributed by atoms with van der Waals surface area (Å²) in [6.45, 7) is 6.04. The fourth-order valence-corrected chi connectivity index (χ4v) is 1.77. The molecule has 1 atom stereocenters. The van der Waals surface area contributed by atoms with Gasteiger partial charge in [0, 0.05) is 11.6 Å². The van der Waals surface area contributed by atoms with Gasteiger partial charge in [-0.2, -0.15) is 0 Å². The maximum absolute atomic E-state index is 11.9. The summed E-state index contributed by atoms with van der Waals surface area (Å²) < 4.78 is 4.92. The molecule has 1 N–H and O–H groups in total. The van der Waals surface area contributed by atoms with E-state index in [9.17, 15) is 9.59 Å². The van der Waals surface area contributed by atoms with Crippen molar-refractivity contribution in [1.82, 2.24) is 0 Å². The van der Waals surface area contributed by atoms with Gasteiger partial charge in [0.05, 0.1) is 12.2 Å². The Kier molecular flexibility index (Phi) is 6.06. The summed E-state index contributed by atoms with van der Waals surface area (Å²) in [6, 6.07) is 6.79. The van der Waals surface area contributed by atoms with Crippen LogP contribution in [0.1, 0.15) is 44.0 Å². The van der Waals surface area contributed by atoms with Crippen LogP contribution in [0.15, 0.2) is 24.3 Å². The number of benzene rings is 1. The lowest BCUT2D eigenvalue weighted by Gasteiger charge is -2.11. The van der Waals surface area contributed by atoms with E-state index in [-0.39, 0.29) is 17.8 Å². The third-order valence-corrected chi connectivity index (χ3v) is 2.81. The first-order valence-corrected chi connectivity index (χ1v) is 6.66. The van der Waals surface area contributed by atoms with E-state index in [4.69, 9.17) is 4.74 Å². The highest BCUT2D eigenvalue weighted by molar-refractivity contribution is 5.95. The number of carbonyl (C=O) groups is 2. The van der Waals surface area contributed by atoms with E-state index in [1.165, 1.54) is 0 Å². The topological polar surface area (TPSA) is 55.4 Å². The van der Waals surface area contributed by atoms with Gasteiger partial charge in [-0.05, 0) is 31.5 Å². The maximum atomic E-state index is 11.9. The zero-order valence-corrected chi connectivity index (χ0v) is 11.7. The number of hydrogen-bond donors (Lipinski definition) is 1. The Hall–Kier alpha value is -1.84. The highest BCUT2D eigenvalue weighted by Gasteiger charge is 2.13. The Morgan fingerprint density at radius 1 is 1.32 bits per heavy atom. The second-order valence-corrected chi connectivity index (χ2v) is 4.48. The molecule has 0 fully saturated rings. The van der Waals surface area contributed by atoms with Gasteiger partial charge in [0.15, 0.2) is 0 Å². The molecule has 19 heavy (non-hydrogen) atoms. The molecule has 1 rings (SSSR count). The maximum Gasteiger partial charge on any atom is 0.338 e. The van der Waals surface area contributed by atoms with Gasteiger partial charge in [-0.3, -0.25) is 4.79 Å². The van der Waals surface area contributed by atoms with Crippen molar-refractivity contribution in [3.05, 3.63) is 29.8 Å². The predicted molar refractivity (Wildman–Crippen MR) is 75.1 cm³/mol. The first kappa shape index (κ1) is 15.2. The molecule has 0 radical (unpaired) electrons. The molecule has 1 aromatic rings. The number of carbonyl (C=O) groups excluding carboxylic acids is 2. The zero-order chi connectivity index (χ0) is 14.3. The third-order valence-electron chi connectivity index (χ3n) is 2.81. The fourth-order valence-electron chi connectivity index (χ4n) is 1.77. The Bertz CT molecular complexity index is 443. The SMILES string of the molecule is CCCC(C)C(=O)Nc1cccc(C(=O)OCC)c1. The van der Waals surface area contributed by atoms with Crippen LogP contribution in [0, 0.1) is 5.92 Å². The molecule has 0 bridgehead atoms. The van der Waals surface area contributed by atoms with Crippen molar-refractivity contribution in [3.63, 3.8) is 0 Å². The highest BCUT2D eigenvalue weighted by Crippen LogP contribution is 2.14. The van der Waals surface area contributed by atoms with Crippen LogP contribution in [0.2, 0.25) is 0 Å². The van der Waals surface area contributed by atoms with E-state index in [0.717, 1.165) is 12.8 Å². The molecule has 0 spiro atoms. The van der Waals surface area contributed by atoms with Crippen LogP contribution in [0.25, 0.3) is 0 Å². The predicted octanol–water partition coefficient (Wildman–Crippen LogP) is 3.24. The van der Waals surface area contributed by atoms with Crippen LogP contribution in [0.3, 0.4) is 0 Å². The second kappa shape index (κ2) is 7.56. The molecule has 0 saturated heterocycles. The Labute approximate surface area is 114 Å². The Balaban J connectivity index is 2.72. The van der Waals surface area contributed by atoms with Crippen LogP contribution in [-0.2, 0) is 9.53 Å². The van der Waals surface area contributed by atoms with Crippen LogP contribution < -0.4 is 5.32 Å². The lowest BCUT2D eigenvalue weighted by atomic mass is 10.1. The Morgan fingerprint density at radius 2 is 2.05 bits per heavy atom. The number of anilines is 1. The smallest absolute Gasteiger partial charge is 0.338 e. The summed E-state index contributed by atoms with van der Waals surface area (Å²) >= 11 is 0. The van der Waals surface area contributed by atoms with Crippen molar-refractivity contribution in [3.8, 4) is 0 Å². The van der Waals surface area contributed by atoms with E-state index < -0.39 is 0 Å². The summed E-state index contributed by atoms with van der Waals surface area (Å²) in [5, 5.41) is 2.82. The highest BCUT2D eigenvalue weighted by atomic mass is 16.5. The molecule has 1 aromatic carbocycles. The van der Waals surface area contributed by atoms with Gasteiger partial charge in [0.2, 0.25) is 5.91 Å². The Morgan fingerprint density at radius 3 is 2.68 bits per heavy atom. The molecule has 0 aromatic heterocycles. The van der Waals surface area contributed by atoms with E-state index >= 15 is 0 Å². The van der Waals surface area contributed by atoms with Crippen molar-refractivity contribution in [1.29, 1.82) is 0 Å². The molecular formula is C15H21NO3. The van der Waals surface area contributed by atoms with Crippen molar-refractivity contribution < 1.29 is 14.3 Å². The van der Waals surface area contributed by atoms with Crippen LogP contribution >= 0.6 is 0 Å². The molecule has 0 aliphatic heterocycles. The minimum absolute atomic E-state index is 0.0251. The quantitative estimate of drug-likeness (QED) is 0.802. The molecule has 4 nitrogen and oxygen atoms in total. The van der Waals surface area contributed by atoms with Crippen molar-refractivity contribution >= 4 is 17.6 Å². The van der Waals surface area contributed by atoms with Crippen molar-refractivity contribution in [2.45, 2.75) is 33.6 Å². The molecule has 4 heteroatoms. The first-order valence-electron chi connectivity index (χ1n) is 6.66. The van der Waals surface area contributed by atoms with E-state index in [1.54, 1.807) is 31.2 Å². The third kappa shape index (κ3) is 4.73. The second-order valence-electron chi connectivity index (χ2n) is 4.48. The van der Waals surface area contributed by atoms with Gasteiger partial charge in [-0.15, -0.1) is 0 Å². The van der Waals surface area contributed by atoms with E-state index in [0.29, 0.717) is 17.9 Å². The van der Waals surface area contributed by atoms with Gasteiger partial charge in [-0.1, -0.05) is 26.3 Å². The van der Waals surface area contributed by atoms with Gasteiger partial charge in [0.1, 0.15) is 0 Å². The molecule has 1 amide bonds. The van der Waals surface area contributed by atoms with Gasteiger partial charge in [-0.25, -0.2) is 4.79 Å². The average molecular weight is 263 g/mol. The van der Waals surface area contributed by atoms with Gasteiger partial charge in [0.25, 0.3) is 0 Å². The molecular weight excluding hydrogens is 242 g/mol. The molecule has 0 saturated carbocycles. The molecule has 1 unspecified atom stereocenters. The monoisotopic (exact) mass is 263 g/mol. The van der Waals surface area contributed by atoms with E-state index in [2.05, 4.69) is 5.32 Å². The summed E-state index contributed by atoms with van der Waals surface area (Å²) in [7, 11) is 0. The van der Waals surface area contributed by atoms with Gasteiger partial charge < -0.3 is 10.1 Å². The summed E-state index contributed by atoms with van der Waals surface area (Å²) in [5.41, 5.74) is 1.07. The number of nitrogens with one attached hydrogen (secondary N) is 1. The fraction of sp³-hybridized carbons (Fsp3) is 0.467. The number of rotatable bonds is 6. The summed E-state index contributed by atoms with van der Waals surface area (Å²) in [6.07, 6.45) is 1.82. The average Bonchev–Trinajstić information content (AvgIpc) is 2.39. The number of esters is 1. The van der Waals surface area contributed by atoms with Crippen molar-refractivity contribution in [2.24, 2.45) is 5.92 Å². The number of hydrogen-bond acceptors (Lipinski definition) is 3. The van der Waals surface area contributed by atoms with Gasteiger partial charge >= 0.3 is 5.97 Å². The minimum atomic E-state index is -0.375. The minimum Gasteiger partial charge on any atom is -0.462 e. The lowest BCUT2D eigenvalue weighted by molar-refractivity contribution is -0.119. The normalized spacial score (nSPS) is 11.7. The van der Waals surface area contributed by atoms with Crippen LogP contribution in [0.5, 0.6) is 0 Å². The summed E-state index contributed by atoms with van der Waals surface area (Å²) in [5.74, 6) is -0.431. The van der Waals surface area contributed by atoms with Crippen LogP contribution in [0.4, 0.5) is 5.69 Å². The van der Waals surface area contributed by atoms with Crippen molar-refractivity contribution in [2.75, 3.05) is 11.9 Å². The number of ether oxygens (including phenoxy) is 1. The number of amides is 1. The molecule has 0 heterocycles. The van der Waals surface area contributed by atoms with Crippen LogP contribution in [-0.4, -0.2) is 18.5 Å². The standard InChI is InChI=1S/C15H21NO3/c1-4-7-11(3)14(17)16-13-9-6-8-12(10-13)15(18)19-5-2/h6,8-11H,4-5,7H2,1-3H3,(H,16,17). The first-order chi connectivity index (χ1) is 9.08. The molecule has 0 aliphatic rings. The molecule has 0 aliphatic carbocycles. The lowest BCUT2D eigenvalue weighted by Crippen LogP contribution is -2.20. The van der Waals surface area contributed by atoms with E-state index in [1.807, 2.05) is 13.8 Å².